The number of hydrogen-bond acceptors (Lipinski definition) is 0. The van der Waals surface area contributed by atoms with Crippen molar-refractivity contribution in [1.82, 2.24) is 4.98 Å². The monoisotopic (exact) mass is 172 g/mol. The lowest BCUT2D eigenvalue weighted by Crippen LogP contribution is -1.89. The molecule has 0 amide bonds. The Bertz CT molecular complexity index is 367. The summed E-state index contributed by atoms with van der Waals surface area (Å²) in [5.41, 5.74) is 2.51. The molecule has 67 valence electrons. The maximum atomic E-state index is 3.91. The molecule has 1 radical (unpaired) electrons. The topological polar surface area (TPSA) is 15.8 Å². The summed E-state index contributed by atoms with van der Waals surface area (Å²) < 4.78 is 0. The maximum absolute atomic E-state index is 3.91. The van der Waals surface area contributed by atoms with Gasteiger partial charge in [0.1, 0.15) is 0 Å². The van der Waals surface area contributed by atoms with Gasteiger partial charge in [0.25, 0.3) is 0 Å². The third-order valence-electron chi connectivity index (χ3n) is 2.51. The SMILES string of the molecule is [CH2]CC(C)c1cc2ccccc2[nH]1. The number of benzene rings is 1. The second-order valence-electron chi connectivity index (χ2n) is 3.50. The molecule has 0 saturated carbocycles. The number of rotatable bonds is 2. The van der Waals surface area contributed by atoms with Crippen LogP contribution in [0.15, 0.2) is 30.3 Å². The molecule has 0 aliphatic carbocycles. The number of nitrogens with one attached hydrogen (secondary N) is 1. The maximum Gasteiger partial charge on any atom is 0.0456 e. The highest BCUT2D eigenvalue weighted by atomic mass is 14.7. The van der Waals surface area contributed by atoms with Gasteiger partial charge in [-0.15, -0.1) is 0 Å². The molecule has 0 fully saturated rings. The van der Waals surface area contributed by atoms with Gasteiger partial charge >= 0.3 is 0 Å². The predicted octanol–water partition coefficient (Wildman–Crippen LogP) is 3.50. The largest absolute Gasteiger partial charge is 0.358 e. The lowest BCUT2D eigenvalue weighted by Gasteiger charge is -2.03. The molecule has 0 saturated heterocycles. The molecule has 0 aliphatic rings. The molecule has 0 spiro atoms. The van der Waals surface area contributed by atoms with Gasteiger partial charge in [0, 0.05) is 11.2 Å². The molecular weight excluding hydrogens is 158 g/mol. The van der Waals surface area contributed by atoms with Gasteiger partial charge in [-0.1, -0.05) is 32.0 Å². The molecular formula is C12H14N. The molecule has 1 aromatic carbocycles. The van der Waals surface area contributed by atoms with Crippen molar-refractivity contribution in [3.05, 3.63) is 42.9 Å². The first kappa shape index (κ1) is 8.36. The van der Waals surface area contributed by atoms with Crippen LogP contribution in [0.4, 0.5) is 0 Å². The molecule has 0 aliphatic heterocycles. The Labute approximate surface area is 78.8 Å². The van der Waals surface area contributed by atoms with Crippen molar-refractivity contribution in [1.29, 1.82) is 0 Å². The number of aromatic amines is 1. The van der Waals surface area contributed by atoms with Crippen LogP contribution in [0.25, 0.3) is 10.9 Å². The predicted molar refractivity (Wildman–Crippen MR) is 56.7 cm³/mol. The van der Waals surface area contributed by atoms with Crippen molar-refractivity contribution in [2.45, 2.75) is 19.3 Å². The minimum atomic E-state index is 0.521. The number of hydrogen-bond donors (Lipinski definition) is 1. The first-order chi connectivity index (χ1) is 6.31. The highest BCUT2D eigenvalue weighted by Gasteiger charge is 2.05. The number of H-pyrrole nitrogens is 1. The van der Waals surface area contributed by atoms with Gasteiger partial charge in [-0.3, -0.25) is 0 Å². The van der Waals surface area contributed by atoms with Crippen LogP contribution in [0.2, 0.25) is 0 Å². The minimum absolute atomic E-state index is 0.521. The summed E-state index contributed by atoms with van der Waals surface area (Å²) >= 11 is 0. The molecule has 1 aromatic heterocycles. The van der Waals surface area contributed by atoms with Crippen molar-refractivity contribution in [2.75, 3.05) is 0 Å². The van der Waals surface area contributed by atoms with E-state index >= 15 is 0 Å². The second kappa shape index (κ2) is 3.25. The van der Waals surface area contributed by atoms with Gasteiger partial charge in [0.05, 0.1) is 0 Å². The zero-order chi connectivity index (χ0) is 9.26. The Morgan fingerprint density at radius 2 is 2.15 bits per heavy atom. The number of para-hydroxylation sites is 1. The quantitative estimate of drug-likeness (QED) is 0.713. The van der Waals surface area contributed by atoms with Crippen LogP contribution in [0, 0.1) is 6.92 Å². The van der Waals surface area contributed by atoms with Gasteiger partial charge in [-0.2, -0.15) is 0 Å². The lowest BCUT2D eigenvalue weighted by molar-refractivity contribution is 0.756. The van der Waals surface area contributed by atoms with Crippen LogP contribution in [-0.4, -0.2) is 4.98 Å². The van der Waals surface area contributed by atoms with E-state index in [2.05, 4.69) is 49.2 Å². The van der Waals surface area contributed by atoms with E-state index in [1.54, 1.807) is 0 Å². The van der Waals surface area contributed by atoms with Crippen LogP contribution < -0.4 is 0 Å². The van der Waals surface area contributed by atoms with Crippen LogP contribution in [0.3, 0.4) is 0 Å². The first-order valence-corrected chi connectivity index (χ1v) is 4.68. The van der Waals surface area contributed by atoms with Crippen molar-refractivity contribution < 1.29 is 0 Å². The Morgan fingerprint density at radius 1 is 1.38 bits per heavy atom. The van der Waals surface area contributed by atoms with E-state index in [1.165, 1.54) is 16.6 Å². The first-order valence-electron chi connectivity index (χ1n) is 4.68. The normalized spacial score (nSPS) is 13.4. The molecule has 2 aromatic rings. The fourth-order valence-electron chi connectivity index (χ4n) is 1.52. The summed E-state index contributed by atoms with van der Waals surface area (Å²) in [6.45, 7) is 6.10. The van der Waals surface area contributed by atoms with Crippen molar-refractivity contribution >= 4 is 10.9 Å². The van der Waals surface area contributed by atoms with E-state index in [9.17, 15) is 0 Å². The fraction of sp³-hybridized carbons (Fsp3) is 0.250. The average Bonchev–Trinajstić information content (AvgIpc) is 2.59. The van der Waals surface area contributed by atoms with Gasteiger partial charge in [0.15, 0.2) is 0 Å². The molecule has 13 heavy (non-hydrogen) atoms. The van der Waals surface area contributed by atoms with E-state index in [4.69, 9.17) is 0 Å². The molecule has 1 atom stereocenters. The van der Waals surface area contributed by atoms with Gasteiger partial charge in [-0.25, -0.2) is 0 Å². The zero-order valence-electron chi connectivity index (χ0n) is 7.88. The Balaban J connectivity index is 2.49. The smallest absolute Gasteiger partial charge is 0.0456 e. The second-order valence-corrected chi connectivity index (χ2v) is 3.50. The third-order valence-corrected chi connectivity index (χ3v) is 2.51. The molecule has 1 N–H and O–H groups in total. The lowest BCUT2D eigenvalue weighted by atomic mass is 10.1. The summed E-state index contributed by atoms with van der Waals surface area (Å²) in [6, 6.07) is 10.6. The van der Waals surface area contributed by atoms with Crippen LogP contribution in [0.1, 0.15) is 25.0 Å². The highest BCUT2D eigenvalue weighted by Crippen LogP contribution is 2.22. The van der Waals surface area contributed by atoms with E-state index in [0.29, 0.717) is 5.92 Å². The molecule has 1 heterocycles. The summed E-state index contributed by atoms with van der Waals surface area (Å²) in [5.74, 6) is 0.521. The molecule has 0 bridgehead atoms. The Hall–Kier alpha value is -1.24. The molecule has 1 unspecified atom stereocenters. The van der Waals surface area contributed by atoms with Crippen LogP contribution in [0.5, 0.6) is 0 Å². The zero-order valence-corrected chi connectivity index (χ0v) is 7.88. The van der Waals surface area contributed by atoms with Crippen LogP contribution in [-0.2, 0) is 0 Å². The number of aromatic nitrogens is 1. The molecule has 1 nitrogen and oxygen atoms in total. The summed E-state index contributed by atoms with van der Waals surface area (Å²) in [5, 5.41) is 1.29. The summed E-state index contributed by atoms with van der Waals surface area (Å²) in [6.07, 6.45) is 0.937. The van der Waals surface area contributed by atoms with Gasteiger partial charge < -0.3 is 4.98 Å². The van der Waals surface area contributed by atoms with Crippen molar-refractivity contribution in [3.63, 3.8) is 0 Å². The fourth-order valence-corrected chi connectivity index (χ4v) is 1.52. The molecule has 1 heteroatoms. The van der Waals surface area contributed by atoms with Crippen LogP contribution >= 0.6 is 0 Å². The number of fused-ring (bicyclic) bond motifs is 1. The summed E-state index contributed by atoms with van der Waals surface area (Å²) in [4.78, 5) is 3.41. The third kappa shape index (κ3) is 1.46. The van der Waals surface area contributed by atoms with Gasteiger partial charge in [0.2, 0.25) is 0 Å². The van der Waals surface area contributed by atoms with E-state index in [1.807, 2.05) is 0 Å². The van der Waals surface area contributed by atoms with Gasteiger partial charge in [-0.05, 0) is 29.9 Å². The molecule has 2 rings (SSSR count). The van der Waals surface area contributed by atoms with E-state index < -0.39 is 0 Å². The Kier molecular flexibility index (Phi) is 2.09. The van der Waals surface area contributed by atoms with E-state index in [0.717, 1.165) is 6.42 Å². The Morgan fingerprint density at radius 3 is 2.85 bits per heavy atom. The summed E-state index contributed by atoms with van der Waals surface area (Å²) in [7, 11) is 0. The van der Waals surface area contributed by atoms with Crippen molar-refractivity contribution in [2.24, 2.45) is 0 Å². The standard InChI is InChI=1S/C12H14N/c1-3-9(2)12-8-10-6-4-5-7-11(10)13-12/h4-9,13H,1,3H2,2H3. The minimum Gasteiger partial charge on any atom is -0.358 e. The highest BCUT2D eigenvalue weighted by molar-refractivity contribution is 5.80. The average molecular weight is 172 g/mol. The van der Waals surface area contributed by atoms with Crippen molar-refractivity contribution in [3.8, 4) is 0 Å². The van der Waals surface area contributed by atoms with E-state index in [-0.39, 0.29) is 0 Å².